The number of Topliss-reactive ketones (excluding diaryl/α,β-unsaturated/α-hetero) is 1. The summed E-state index contributed by atoms with van der Waals surface area (Å²) in [6, 6.07) is 10.4. The Hall–Kier alpha value is -3.10. The SMILES string of the molecule is N#CC(C#N)=C(C#N)Nc1cccc2c1C(=O)CCC2. The lowest BCUT2D eigenvalue weighted by Gasteiger charge is -2.18. The fraction of sp³-hybridized carbons (Fsp3) is 0.200. The molecular weight excluding hydrogens is 252 g/mol. The third kappa shape index (κ3) is 2.36. The van der Waals surface area contributed by atoms with Gasteiger partial charge in [0.15, 0.2) is 11.4 Å². The molecule has 5 nitrogen and oxygen atoms in total. The van der Waals surface area contributed by atoms with Gasteiger partial charge in [-0.15, -0.1) is 0 Å². The smallest absolute Gasteiger partial charge is 0.165 e. The van der Waals surface area contributed by atoms with Crippen molar-refractivity contribution in [3.05, 3.63) is 40.6 Å². The molecule has 0 spiro atoms. The number of carbonyl (C=O) groups excluding carboxylic acids is 1. The number of ketones is 1. The molecule has 1 aromatic carbocycles. The van der Waals surface area contributed by atoms with Crippen molar-refractivity contribution in [2.75, 3.05) is 5.32 Å². The number of hydrogen-bond donors (Lipinski definition) is 1. The Morgan fingerprint density at radius 3 is 2.50 bits per heavy atom. The number of hydrogen-bond acceptors (Lipinski definition) is 5. The molecule has 0 bridgehead atoms. The van der Waals surface area contributed by atoms with Crippen molar-refractivity contribution >= 4 is 11.5 Å². The van der Waals surface area contributed by atoms with Crippen molar-refractivity contribution in [1.82, 2.24) is 0 Å². The number of carbonyl (C=O) groups is 1. The van der Waals surface area contributed by atoms with Crippen LogP contribution in [0.5, 0.6) is 0 Å². The van der Waals surface area contributed by atoms with E-state index in [0.717, 1.165) is 18.4 Å². The summed E-state index contributed by atoms with van der Waals surface area (Å²) in [7, 11) is 0. The molecule has 0 aromatic heterocycles. The summed E-state index contributed by atoms with van der Waals surface area (Å²) in [5, 5.41) is 29.4. The quantitative estimate of drug-likeness (QED) is 0.825. The van der Waals surface area contributed by atoms with Gasteiger partial charge in [0.25, 0.3) is 0 Å². The van der Waals surface area contributed by atoms with Gasteiger partial charge in [-0.1, -0.05) is 12.1 Å². The van der Waals surface area contributed by atoms with E-state index in [0.29, 0.717) is 17.7 Å². The summed E-state index contributed by atoms with van der Waals surface area (Å²) in [6.45, 7) is 0. The van der Waals surface area contributed by atoms with Gasteiger partial charge < -0.3 is 5.32 Å². The van der Waals surface area contributed by atoms with Gasteiger partial charge in [-0.3, -0.25) is 4.79 Å². The van der Waals surface area contributed by atoms with Gasteiger partial charge in [0.1, 0.15) is 23.9 Å². The molecule has 0 aliphatic heterocycles. The van der Waals surface area contributed by atoms with Gasteiger partial charge in [0, 0.05) is 12.0 Å². The number of benzene rings is 1. The van der Waals surface area contributed by atoms with Gasteiger partial charge >= 0.3 is 0 Å². The zero-order valence-electron chi connectivity index (χ0n) is 10.6. The highest BCUT2D eigenvalue weighted by Crippen LogP contribution is 2.28. The minimum absolute atomic E-state index is 0.0158. The van der Waals surface area contributed by atoms with Crippen LogP contribution in [0.3, 0.4) is 0 Å². The Labute approximate surface area is 116 Å². The standard InChI is InChI=1S/C15H10N4O/c16-7-11(8-17)13(9-18)19-12-5-1-3-10-4-2-6-14(20)15(10)12/h1,3,5,19H,2,4,6H2. The molecule has 0 radical (unpaired) electrons. The van der Waals surface area contributed by atoms with Crippen LogP contribution in [0.2, 0.25) is 0 Å². The Bertz CT molecular complexity index is 710. The van der Waals surface area contributed by atoms with Crippen LogP contribution in [0.15, 0.2) is 29.5 Å². The molecule has 20 heavy (non-hydrogen) atoms. The molecule has 0 unspecified atom stereocenters. The van der Waals surface area contributed by atoms with Crippen LogP contribution in [0, 0.1) is 34.0 Å². The number of fused-ring (bicyclic) bond motifs is 1. The summed E-state index contributed by atoms with van der Waals surface area (Å²) >= 11 is 0. The van der Waals surface area contributed by atoms with Crippen molar-refractivity contribution in [1.29, 1.82) is 15.8 Å². The van der Waals surface area contributed by atoms with Crippen molar-refractivity contribution in [3.8, 4) is 18.2 Å². The van der Waals surface area contributed by atoms with E-state index in [-0.39, 0.29) is 17.1 Å². The molecule has 0 saturated heterocycles. The maximum Gasteiger partial charge on any atom is 0.165 e. The zero-order valence-corrected chi connectivity index (χ0v) is 10.6. The van der Waals surface area contributed by atoms with Crippen LogP contribution < -0.4 is 5.32 Å². The van der Waals surface area contributed by atoms with Crippen LogP contribution in [0.4, 0.5) is 5.69 Å². The number of rotatable bonds is 2. The summed E-state index contributed by atoms with van der Waals surface area (Å²) < 4.78 is 0. The molecule has 0 heterocycles. The van der Waals surface area contributed by atoms with E-state index in [2.05, 4.69) is 5.32 Å². The average Bonchev–Trinajstić information content (AvgIpc) is 2.47. The Morgan fingerprint density at radius 2 is 1.85 bits per heavy atom. The van der Waals surface area contributed by atoms with E-state index in [1.54, 1.807) is 30.3 Å². The van der Waals surface area contributed by atoms with E-state index in [1.165, 1.54) is 0 Å². The molecular formula is C15H10N4O. The van der Waals surface area contributed by atoms with Gasteiger partial charge in [-0.05, 0) is 24.5 Å². The second-order valence-corrected chi connectivity index (χ2v) is 4.33. The summed E-state index contributed by atoms with van der Waals surface area (Å²) in [4.78, 5) is 12.0. The largest absolute Gasteiger partial charge is 0.345 e. The number of allylic oxidation sites excluding steroid dienone is 2. The number of nitrogens with one attached hydrogen (secondary N) is 1. The summed E-state index contributed by atoms with van der Waals surface area (Å²) in [5.74, 6) is 0.0158. The number of nitriles is 3. The van der Waals surface area contributed by atoms with Crippen LogP contribution in [0.25, 0.3) is 0 Å². The topological polar surface area (TPSA) is 100 Å². The molecule has 0 amide bonds. The van der Waals surface area contributed by atoms with Crippen molar-refractivity contribution in [2.45, 2.75) is 19.3 Å². The molecule has 2 rings (SSSR count). The highest BCUT2D eigenvalue weighted by molar-refractivity contribution is 6.03. The minimum atomic E-state index is -0.298. The number of aryl methyl sites for hydroxylation is 1. The van der Waals surface area contributed by atoms with Crippen molar-refractivity contribution in [2.24, 2.45) is 0 Å². The Balaban J connectivity index is 2.49. The first-order chi connectivity index (χ1) is 9.71. The maximum absolute atomic E-state index is 12.0. The highest BCUT2D eigenvalue weighted by Gasteiger charge is 2.21. The number of nitrogens with zero attached hydrogens (tertiary/aromatic N) is 3. The molecule has 0 atom stereocenters. The third-order valence-electron chi connectivity index (χ3n) is 3.12. The van der Waals surface area contributed by atoms with Crippen LogP contribution >= 0.6 is 0 Å². The predicted octanol–water partition coefficient (Wildman–Crippen LogP) is 2.44. The first kappa shape index (κ1) is 13.3. The monoisotopic (exact) mass is 262 g/mol. The lowest BCUT2D eigenvalue weighted by molar-refractivity contribution is 0.0973. The Morgan fingerprint density at radius 1 is 1.10 bits per heavy atom. The fourth-order valence-corrected chi connectivity index (χ4v) is 2.22. The highest BCUT2D eigenvalue weighted by atomic mass is 16.1. The van der Waals surface area contributed by atoms with Gasteiger partial charge in [0.05, 0.1) is 5.69 Å². The average molecular weight is 262 g/mol. The molecule has 0 fully saturated rings. The molecule has 1 N–H and O–H groups in total. The van der Waals surface area contributed by atoms with Gasteiger partial charge in [0.2, 0.25) is 0 Å². The first-order valence-electron chi connectivity index (χ1n) is 6.08. The fourth-order valence-electron chi connectivity index (χ4n) is 2.22. The van der Waals surface area contributed by atoms with Crippen LogP contribution in [-0.4, -0.2) is 5.78 Å². The van der Waals surface area contributed by atoms with E-state index < -0.39 is 0 Å². The predicted molar refractivity (Wildman–Crippen MR) is 71.2 cm³/mol. The first-order valence-corrected chi connectivity index (χ1v) is 6.08. The lowest BCUT2D eigenvalue weighted by atomic mass is 9.89. The van der Waals surface area contributed by atoms with E-state index in [9.17, 15) is 4.79 Å². The minimum Gasteiger partial charge on any atom is -0.345 e. The van der Waals surface area contributed by atoms with Crippen molar-refractivity contribution < 1.29 is 4.79 Å². The second kappa shape index (κ2) is 5.69. The third-order valence-corrected chi connectivity index (χ3v) is 3.12. The molecule has 96 valence electrons. The van der Waals surface area contributed by atoms with E-state index >= 15 is 0 Å². The normalized spacial score (nSPS) is 12.3. The molecule has 1 aliphatic carbocycles. The van der Waals surface area contributed by atoms with E-state index in [4.69, 9.17) is 15.8 Å². The zero-order chi connectivity index (χ0) is 14.5. The van der Waals surface area contributed by atoms with Crippen LogP contribution in [0.1, 0.15) is 28.8 Å². The van der Waals surface area contributed by atoms with Crippen molar-refractivity contribution in [3.63, 3.8) is 0 Å². The lowest BCUT2D eigenvalue weighted by Crippen LogP contribution is -2.14. The summed E-state index contributed by atoms with van der Waals surface area (Å²) in [5.41, 5.74) is 1.53. The van der Waals surface area contributed by atoms with Gasteiger partial charge in [-0.2, -0.15) is 15.8 Å². The molecule has 1 aromatic rings. The molecule has 1 aliphatic rings. The molecule has 5 heteroatoms. The number of anilines is 1. The van der Waals surface area contributed by atoms with Gasteiger partial charge in [-0.25, -0.2) is 0 Å². The van der Waals surface area contributed by atoms with E-state index in [1.807, 2.05) is 6.07 Å². The molecule has 0 saturated carbocycles. The Kier molecular flexibility index (Phi) is 3.80. The second-order valence-electron chi connectivity index (χ2n) is 4.33. The van der Waals surface area contributed by atoms with Crippen LogP contribution in [-0.2, 0) is 6.42 Å². The maximum atomic E-state index is 12.0. The summed E-state index contributed by atoms with van der Waals surface area (Å²) in [6.07, 6.45) is 2.10.